The molecule has 4 rings (SSSR count). The van der Waals surface area contributed by atoms with Crippen molar-refractivity contribution in [3.8, 4) is 11.3 Å². The highest BCUT2D eigenvalue weighted by molar-refractivity contribution is 5.66. The number of fused-ring (bicyclic) bond motifs is 1. The smallest absolute Gasteiger partial charge is 0.157 e. The lowest BCUT2D eigenvalue weighted by molar-refractivity contribution is 0.565. The third-order valence-corrected chi connectivity index (χ3v) is 4.33. The molecular formula is C19H19FN6. The summed E-state index contributed by atoms with van der Waals surface area (Å²) in [5, 5.41) is 7.92. The zero-order valence-corrected chi connectivity index (χ0v) is 14.4. The molecule has 0 fully saturated rings. The maximum atomic E-state index is 13.2. The minimum Gasteiger partial charge on any atom is -0.365 e. The van der Waals surface area contributed by atoms with Gasteiger partial charge in [-0.05, 0) is 30.7 Å². The summed E-state index contributed by atoms with van der Waals surface area (Å²) in [5.41, 5.74) is 2.38. The number of benzene rings is 1. The summed E-state index contributed by atoms with van der Waals surface area (Å²) in [6, 6.07) is 10.4. The van der Waals surface area contributed by atoms with Crippen molar-refractivity contribution in [1.29, 1.82) is 0 Å². The molecule has 0 aliphatic carbocycles. The van der Waals surface area contributed by atoms with Gasteiger partial charge >= 0.3 is 0 Å². The van der Waals surface area contributed by atoms with Gasteiger partial charge in [0, 0.05) is 42.7 Å². The minimum atomic E-state index is -0.260. The number of nitrogens with zero attached hydrogens (tertiary/aromatic N) is 5. The normalized spacial score (nSPS) is 12.4. The fraction of sp³-hybridized carbons (Fsp3) is 0.211. The monoisotopic (exact) mass is 350 g/mol. The van der Waals surface area contributed by atoms with Crippen LogP contribution in [0.5, 0.6) is 0 Å². The Kier molecular flexibility index (Phi) is 4.35. The van der Waals surface area contributed by atoms with Gasteiger partial charge in [-0.2, -0.15) is 9.61 Å². The van der Waals surface area contributed by atoms with Gasteiger partial charge in [-0.15, -0.1) is 0 Å². The van der Waals surface area contributed by atoms with E-state index in [0.29, 0.717) is 0 Å². The molecule has 132 valence electrons. The predicted molar refractivity (Wildman–Crippen MR) is 98.3 cm³/mol. The van der Waals surface area contributed by atoms with E-state index in [0.717, 1.165) is 35.7 Å². The molecule has 1 N–H and O–H groups in total. The summed E-state index contributed by atoms with van der Waals surface area (Å²) < 4.78 is 17.1. The van der Waals surface area contributed by atoms with E-state index >= 15 is 0 Å². The quantitative estimate of drug-likeness (QED) is 0.577. The summed E-state index contributed by atoms with van der Waals surface area (Å²) in [4.78, 5) is 8.72. The lowest BCUT2D eigenvalue weighted by Gasteiger charge is -2.20. The molecule has 4 aromatic rings. The topological polar surface area (TPSA) is 60.0 Å². The Morgan fingerprint density at radius 1 is 1.15 bits per heavy atom. The number of hydrogen-bond acceptors (Lipinski definition) is 4. The van der Waals surface area contributed by atoms with Gasteiger partial charge in [0.15, 0.2) is 5.65 Å². The van der Waals surface area contributed by atoms with Crippen LogP contribution in [0.1, 0.15) is 13.3 Å². The highest BCUT2D eigenvalue weighted by Crippen LogP contribution is 2.23. The van der Waals surface area contributed by atoms with E-state index in [9.17, 15) is 4.39 Å². The molecule has 26 heavy (non-hydrogen) atoms. The van der Waals surface area contributed by atoms with Crippen LogP contribution in [-0.2, 0) is 6.54 Å². The first kappa shape index (κ1) is 16.3. The number of nitrogens with one attached hydrogen (secondary N) is 1. The molecule has 0 radical (unpaired) electrons. The van der Waals surface area contributed by atoms with E-state index in [1.54, 1.807) is 29.0 Å². The molecule has 3 heterocycles. The average Bonchev–Trinajstić information content (AvgIpc) is 3.33. The van der Waals surface area contributed by atoms with Crippen molar-refractivity contribution in [3.05, 3.63) is 67.1 Å². The Hall–Kier alpha value is -3.22. The van der Waals surface area contributed by atoms with Crippen molar-refractivity contribution < 1.29 is 4.39 Å². The number of anilines is 1. The second kappa shape index (κ2) is 6.95. The molecule has 3 aromatic heterocycles. The highest BCUT2D eigenvalue weighted by atomic mass is 19.1. The molecule has 6 nitrogen and oxygen atoms in total. The number of halogens is 1. The van der Waals surface area contributed by atoms with Crippen molar-refractivity contribution in [3.63, 3.8) is 0 Å². The zero-order valence-electron chi connectivity index (χ0n) is 14.4. The molecule has 0 aliphatic heterocycles. The highest BCUT2D eigenvalue weighted by Gasteiger charge is 2.13. The summed E-state index contributed by atoms with van der Waals surface area (Å²) >= 11 is 0. The third kappa shape index (κ3) is 3.28. The number of aromatic nitrogens is 5. The first-order valence-electron chi connectivity index (χ1n) is 8.56. The van der Waals surface area contributed by atoms with Crippen molar-refractivity contribution >= 4 is 11.5 Å². The summed E-state index contributed by atoms with van der Waals surface area (Å²) in [7, 11) is 0. The van der Waals surface area contributed by atoms with Crippen molar-refractivity contribution in [2.24, 2.45) is 0 Å². The van der Waals surface area contributed by atoms with Crippen molar-refractivity contribution in [1.82, 2.24) is 24.1 Å². The van der Waals surface area contributed by atoms with Gasteiger partial charge in [0.2, 0.25) is 0 Å². The van der Waals surface area contributed by atoms with E-state index < -0.39 is 0 Å². The molecule has 0 spiro atoms. The average molecular weight is 350 g/mol. The molecule has 0 saturated carbocycles. The lowest BCUT2D eigenvalue weighted by atomic mass is 10.1. The standard InChI is InChI=1S/C19H19FN6/c1-2-16(12-25-10-9-21-13-25)23-19-11-17(14-3-5-15(20)6-4-14)24-18-7-8-22-26(18)19/h3-11,13,16,23H,2,12H2,1H3. The van der Waals surface area contributed by atoms with Gasteiger partial charge in [-0.25, -0.2) is 14.4 Å². The molecule has 7 heteroatoms. The van der Waals surface area contributed by atoms with Gasteiger partial charge in [0.05, 0.1) is 18.2 Å². The van der Waals surface area contributed by atoms with Crippen LogP contribution >= 0.6 is 0 Å². The van der Waals surface area contributed by atoms with Gasteiger partial charge in [0.25, 0.3) is 0 Å². The number of rotatable bonds is 6. The summed E-state index contributed by atoms with van der Waals surface area (Å²) in [6.45, 7) is 2.93. The maximum Gasteiger partial charge on any atom is 0.157 e. The van der Waals surface area contributed by atoms with E-state index in [2.05, 4.69) is 27.3 Å². The number of hydrogen-bond donors (Lipinski definition) is 1. The molecule has 0 amide bonds. The van der Waals surface area contributed by atoms with Crippen LogP contribution in [0, 0.1) is 5.82 Å². The van der Waals surface area contributed by atoms with Crippen LogP contribution < -0.4 is 5.32 Å². The SMILES string of the molecule is CCC(Cn1ccnc1)Nc1cc(-c2ccc(F)cc2)nc2ccnn12. The van der Waals surface area contributed by atoms with Gasteiger partial charge in [-0.3, -0.25) is 0 Å². The van der Waals surface area contributed by atoms with Crippen LogP contribution in [0.25, 0.3) is 16.9 Å². The van der Waals surface area contributed by atoms with Crippen LogP contribution in [-0.4, -0.2) is 30.2 Å². The summed E-state index contributed by atoms with van der Waals surface area (Å²) in [5.74, 6) is 0.593. The first-order chi connectivity index (χ1) is 12.7. The van der Waals surface area contributed by atoms with Crippen molar-refractivity contribution in [2.45, 2.75) is 25.9 Å². The lowest BCUT2D eigenvalue weighted by Crippen LogP contribution is -2.25. The molecular weight excluding hydrogens is 331 g/mol. The first-order valence-corrected chi connectivity index (χ1v) is 8.56. The van der Waals surface area contributed by atoms with E-state index in [1.807, 2.05) is 29.2 Å². The Balaban J connectivity index is 1.68. The molecule has 0 aliphatic rings. The minimum absolute atomic E-state index is 0.208. The molecule has 0 saturated heterocycles. The van der Waals surface area contributed by atoms with E-state index in [4.69, 9.17) is 0 Å². The van der Waals surface area contributed by atoms with Crippen molar-refractivity contribution in [2.75, 3.05) is 5.32 Å². The Morgan fingerprint density at radius 3 is 2.73 bits per heavy atom. The second-order valence-corrected chi connectivity index (χ2v) is 6.14. The Bertz CT molecular complexity index is 991. The summed E-state index contributed by atoms with van der Waals surface area (Å²) in [6.07, 6.45) is 8.19. The zero-order chi connectivity index (χ0) is 17.9. The number of imidazole rings is 1. The fourth-order valence-corrected chi connectivity index (χ4v) is 2.92. The molecule has 1 aromatic carbocycles. The Labute approximate surface area is 150 Å². The van der Waals surface area contributed by atoms with Gasteiger partial charge < -0.3 is 9.88 Å². The molecule has 1 unspecified atom stereocenters. The Morgan fingerprint density at radius 2 is 2.00 bits per heavy atom. The van der Waals surface area contributed by atoms with Crippen LogP contribution in [0.3, 0.4) is 0 Å². The van der Waals surface area contributed by atoms with Gasteiger partial charge in [-0.1, -0.05) is 6.92 Å². The largest absolute Gasteiger partial charge is 0.365 e. The van der Waals surface area contributed by atoms with E-state index in [-0.39, 0.29) is 11.9 Å². The predicted octanol–water partition coefficient (Wildman–Crippen LogP) is 3.62. The van der Waals surface area contributed by atoms with E-state index in [1.165, 1.54) is 12.1 Å². The molecule has 1 atom stereocenters. The van der Waals surface area contributed by atoms with Crippen LogP contribution in [0.15, 0.2) is 61.3 Å². The third-order valence-electron chi connectivity index (χ3n) is 4.33. The molecule has 0 bridgehead atoms. The maximum absolute atomic E-state index is 13.2. The van der Waals surface area contributed by atoms with Gasteiger partial charge in [0.1, 0.15) is 11.6 Å². The van der Waals surface area contributed by atoms with Crippen LogP contribution in [0.2, 0.25) is 0 Å². The second-order valence-electron chi connectivity index (χ2n) is 6.14. The fourth-order valence-electron chi connectivity index (χ4n) is 2.92. The van der Waals surface area contributed by atoms with Crippen LogP contribution in [0.4, 0.5) is 10.2 Å².